The van der Waals surface area contributed by atoms with Crippen molar-refractivity contribution in [3.05, 3.63) is 12.2 Å². The molecule has 0 atom stereocenters. The fourth-order valence-corrected chi connectivity index (χ4v) is 1.42. The summed E-state index contributed by atoms with van der Waals surface area (Å²) in [6, 6.07) is 0. The van der Waals surface area contributed by atoms with Gasteiger partial charge in [-0.15, -0.1) is 0 Å². The van der Waals surface area contributed by atoms with E-state index in [0.29, 0.717) is 18.8 Å². The van der Waals surface area contributed by atoms with E-state index in [4.69, 9.17) is 0 Å². The number of nitrogens with one attached hydrogen (secondary N) is 1. The average Bonchev–Trinajstić information content (AvgIpc) is 2.65. The Morgan fingerprint density at radius 3 is 2.73 bits per heavy atom. The fourth-order valence-electron chi connectivity index (χ4n) is 1.42. The van der Waals surface area contributed by atoms with Gasteiger partial charge in [-0.2, -0.15) is 4.98 Å². The minimum absolute atomic E-state index is 0.240. The van der Waals surface area contributed by atoms with Gasteiger partial charge in [0.05, 0.1) is 13.1 Å². The molecule has 7 heteroatoms. The van der Waals surface area contributed by atoms with Gasteiger partial charge >= 0.3 is 0 Å². The van der Waals surface area contributed by atoms with Crippen molar-refractivity contribution in [2.24, 2.45) is 0 Å². The monoisotopic (exact) mass is 210 g/mol. The molecule has 0 saturated carbocycles. The Morgan fingerprint density at radius 2 is 2.13 bits per heavy atom. The number of hydrogen-bond acceptors (Lipinski definition) is 6. The van der Waals surface area contributed by atoms with Crippen LogP contribution in [0.15, 0.2) is 10.9 Å². The molecule has 0 aliphatic carbocycles. The van der Waals surface area contributed by atoms with Crippen molar-refractivity contribution in [1.29, 1.82) is 0 Å². The normalized spacial score (nSPS) is 17.9. The highest BCUT2D eigenvalue weighted by Crippen LogP contribution is 1.98. The van der Waals surface area contributed by atoms with Crippen molar-refractivity contribution in [2.75, 3.05) is 19.6 Å². The Kier molecular flexibility index (Phi) is 2.72. The average molecular weight is 210 g/mol. The first-order valence-corrected chi connectivity index (χ1v) is 4.54. The van der Waals surface area contributed by atoms with Gasteiger partial charge in [0, 0.05) is 13.0 Å². The van der Waals surface area contributed by atoms with Crippen molar-refractivity contribution in [3.63, 3.8) is 0 Å². The smallest absolute Gasteiger partial charge is 0.240 e. The summed E-state index contributed by atoms with van der Waals surface area (Å²) in [6.45, 7) is 1.05. The van der Waals surface area contributed by atoms with Crippen LogP contribution in [0.2, 0.25) is 0 Å². The van der Waals surface area contributed by atoms with Crippen LogP contribution in [-0.4, -0.2) is 46.5 Å². The minimum Gasteiger partial charge on any atom is -0.343 e. The van der Waals surface area contributed by atoms with Crippen molar-refractivity contribution < 1.29 is 14.1 Å². The second kappa shape index (κ2) is 4.18. The van der Waals surface area contributed by atoms with Crippen molar-refractivity contribution in [3.8, 4) is 0 Å². The summed E-state index contributed by atoms with van der Waals surface area (Å²) in [5.74, 6) is 0.0483. The molecule has 80 valence electrons. The number of carbonyl (C=O) groups is 2. The maximum atomic E-state index is 11.0. The zero-order valence-corrected chi connectivity index (χ0v) is 7.97. The van der Waals surface area contributed by atoms with Crippen LogP contribution in [-0.2, 0) is 16.0 Å². The number of amides is 2. The number of nitrogens with zero attached hydrogens (tertiary/aromatic N) is 3. The third-order valence-corrected chi connectivity index (χ3v) is 2.07. The van der Waals surface area contributed by atoms with Crippen LogP contribution in [0, 0.1) is 0 Å². The Morgan fingerprint density at radius 1 is 1.40 bits per heavy atom. The molecule has 2 amide bonds. The summed E-state index contributed by atoms with van der Waals surface area (Å²) < 4.78 is 4.57. The predicted molar refractivity (Wildman–Crippen MR) is 47.6 cm³/mol. The van der Waals surface area contributed by atoms with Crippen molar-refractivity contribution in [2.45, 2.75) is 6.42 Å². The van der Waals surface area contributed by atoms with E-state index in [9.17, 15) is 9.59 Å². The first-order valence-electron chi connectivity index (χ1n) is 4.54. The maximum Gasteiger partial charge on any atom is 0.240 e. The molecular formula is C8H10N4O3. The van der Waals surface area contributed by atoms with E-state index < -0.39 is 0 Å². The Hall–Kier alpha value is -1.76. The van der Waals surface area contributed by atoms with Crippen molar-refractivity contribution in [1.82, 2.24) is 20.4 Å². The molecule has 1 aliphatic rings. The highest BCUT2D eigenvalue weighted by Gasteiger charge is 2.22. The second-order valence-electron chi connectivity index (χ2n) is 3.28. The zero-order valence-electron chi connectivity index (χ0n) is 7.97. The van der Waals surface area contributed by atoms with E-state index in [1.165, 1.54) is 6.39 Å². The van der Waals surface area contributed by atoms with Gasteiger partial charge in [-0.05, 0) is 0 Å². The number of imide groups is 1. The van der Waals surface area contributed by atoms with Crippen LogP contribution in [0.25, 0.3) is 0 Å². The van der Waals surface area contributed by atoms with Gasteiger partial charge in [-0.25, -0.2) is 0 Å². The van der Waals surface area contributed by atoms with Gasteiger partial charge in [0.1, 0.15) is 0 Å². The molecule has 0 radical (unpaired) electrons. The molecule has 7 nitrogen and oxygen atoms in total. The van der Waals surface area contributed by atoms with E-state index in [0.717, 1.165) is 0 Å². The van der Waals surface area contributed by atoms with Crippen LogP contribution in [0.4, 0.5) is 0 Å². The molecule has 1 fully saturated rings. The number of aromatic nitrogens is 2. The first kappa shape index (κ1) is 9.78. The topological polar surface area (TPSA) is 88.3 Å². The van der Waals surface area contributed by atoms with E-state index >= 15 is 0 Å². The largest absolute Gasteiger partial charge is 0.343 e. The van der Waals surface area contributed by atoms with Gasteiger partial charge in [0.15, 0.2) is 5.82 Å². The Balaban J connectivity index is 1.84. The summed E-state index contributed by atoms with van der Waals surface area (Å²) >= 11 is 0. The number of carbonyl (C=O) groups excluding carboxylic acids is 2. The molecule has 0 bridgehead atoms. The molecule has 15 heavy (non-hydrogen) atoms. The molecular weight excluding hydrogens is 200 g/mol. The Bertz CT molecular complexity index is 346. The molecule has 1 aliphatic heterocycles. The predicted octanol–water partition coefficient (Wildman–Crippen LogP) is -1.43. The lowest BCUT2D eigenvalue weighted by molar-refractivity contribution is -0.135. The standard InChI is InChI=1S/C8H10N4O3/c13-7-3-12(4-8(14)10-7)2-1-6-9-5-15-11-6/h5H,1-4H2,(H,10,13,14). The molecule has 1 saturated heterocycles. The third-order valence-electron chi connectivity index (χ3n) is 2.07. The Labute approximate surface area is 85.4 Å². The molecule has 1 aromatic rings. The summed E-state index contributed by atoms with van der Waals surface area (Å²) in [4.78, 5) is 27.6. The highest BCUT2D eigenvalue weighted by molar-refractivity contribution is 5.99. The summed E-state index contributed by atoms with van der Waals surface area (Å²) in [7, 11) is 0. The van der Waals surface area contributed by atoms with Crippen LogP contribution >= 0.6 is 0 Å². The molecule has 2 rings (SSSR count). The van der Waals surface area contributed by atoms with E-state index in [-0.39, 0.29) is 24.9 Å². The lowest BCUT2D eigenvalue weighted by atomic mass is 10.3. The van der Waals surface area contributed by atoms with Gasteiger partial charge in [0.25, 0.3) is 0 Å². The molecule has 0 aromatic carbocycles. The van der Waals surface area contributed by atoms with Gasteiger partial charge < -0.3 is 4.52 Å². The minimum atomic E-state index is -0.264. The molecule has 1 aromatic heterocycles. The summed E-state index contributed by atoms with van der Waals surface area (Å²) in [5, 5.41) is 5.87. The number of piperazine rings is 1. The van der Waals surface area contributed by atoms with Crippen LogP contribution in [0.1, 0.15) is 5.82 Å². The van der Waals surface area contributed by atoms with Crippen molar-refractivity contribution >= 4 is 11.8 Å². The maximum absolute atomic E-state index is 11.0. The molecule has 0 unspecified atom stereocenters. The zero-order chi connectivity index (χ0) is 10.7. The quantitative estimate of drug-likeness (QED) is 0.615. The van der Waals surface area contributed by atoms with E-state index in [1.54, 1.807) is 4.90 Å². The lowest BCUT2D eigenvalue weighted by Gasteiger charge is -2.24. The molecule has 1 N–H and O–H groups in total. The summed E-state index contributed by atoms with van der Waals surface area (Å²) in [5.41, 5.74) is 0. The number of hydrogen-bond donors (Lipinski definition) is 1. The molecule has 0 spiro atoms. The van der Waals surface area contributed by atoms with E-state index in [1.807, 2.05) is 0 Å². The van der Waals surface area contributed by atoms with Crippen LogP contribution in [0.5, 0.6) is 0 Å². The summed E-state index contributed by atoms with van der Waals surface area (Å²) in [6.07, 6.45) is 1.82. The van der Waals surface area contributed by atoms with Crippen LogP contribution < -0.4 is 5.32 Å². The first-order chi connectivity index (χ1) is 7.24. The molecule has 2 heterocycles. The van der Waals surface area contributed by atoms with Crippen LogP contribution in [0.3, 0.4) is 0 Å². The second-order valence-corrected chi connectivity index (χ2v) is 3.28. The third kappa shape index (κ3) is 2.59. The van der Waals surface area contributed by atoms with E-state index in [2.05, 4.69) is 20.0 Å². The number of rotatable bonds is 3. The highest BCUT2D eigenvalue weighted by atomic mass is 16.5. The SMILES string of the molecule is O=C1CN(CCc2ncon2)CC(=O)N1. The van der Waals surface area contributed by atoms with Gasteiger partial charge in [0.2, 0.25) is 18.2 Å². The van der Waals surface area contributed by atoms with Gasteiger partial charge in [-0.3, -0.25) is 19.8 Å². The fraction of sp³-hybridized carbons (Fsp3) is 0.500. The van der Waals surface area contributed by atoms with Gasteiger partial charge in [-0.1, -0.05) is 5.16 Å². The lowest BCUT2D eigenvalue weighted by Crippen LogP contribution is -2.51.